The van der Waals surface area contributed by atoms with E-state index >= 15 is 0 Å². The summed E-state index contributed by atoms with van der Waals surface area (Å²) in [4.78, 5) is 12.2. The standard InChI is InChI=1S/C15H25N3O3S2.ClH/c1-3-4-10-22-12(2)15(19)18-13-6-5-7-14(11-13)23(20,21)17-9-8-16;/h5-7,11-12,17H,3-4,8-10,16H2,1-2H3,(H,18,19);1H. The number of unbranched alkanes of at least 4 members (excludes halogenated alkanes) is 1. The summed E-state index contributed by atoms with van der Waals surface area (Å²) >= 11 is 1.59. The molecule has 0 aromatic heterocycles. The average molecular weight is 396 g/mol. The van der Waals surface area contributed by atoms with Crippen LogP contribution in [-0.4, -0.2) is 38.4 Å². The highest BCUT2D eigenvalue weighted by molar-refractivity contribution is 8.00. The third-order valence-corrected chi connectivity index (χ3v) is 5.78. The summed E-state index contributed by atoms with van der Waals surface area (Å²) in [5.74, 6) is 0.804. The van der Waals surface area contributed by atoms with E-state index in [9.17, 15) is 13.2 Å². The van der Waals surface area contributed by atoms with Gasteiger partial charge in [-0.2, -0.15) is 0 Å². The Kier molecular flexibility index (Phi) is 11.3. The van der Waals surface area contributed by atoms with E-state index in [1.807, 2.05) is 6.92 Å². The first kappa shape index (κ1) is 23.2. The molecule has 1 unspecified atom stereocenters. The molecule has 1 aromatic carbocycles. The van der Waals surface area contributed by atoms with Gasteiger partial charge in [-0.1, -0.05) is 19.4 Å². The van der Waals surface area contributed by atoms with Crippen LogP contribution in [-0.2, 0) is 14.8 Å². The van der Waals surface area contributed by atoms with Crippen molar-refractivity contribution in [1.29, 1.82) is 0 Å². The Morgan fingerprint density at radius 3 is 2.71 bits per heavy atom. The van der Waals surface area contributed by atoms with Gasteiger partial charge in [0.1, 0.15) is 0 Å². The van der Waals surface area contributed by atoms with E-state index in [0.717, 1.165) is 18.6 Å². The molecule has 0 saturated heterocycles. The van der Waals surface area contributed by atoms with Crippen LogP contribution in [0.5, 0.6) is 0 Å². The largest absolute Gasteiger partial charge is 0.329 e. The minimum Gasteiger partial charge on any atom is -0.329 e. The lowest BCUT2D eigenvalue weighted by Crippen LogP contribution is -2.29. The van der Waals surface area contributed by atoms with Crippen LogP contribution in [0.4, 0.5) is 5.69 Å². The van der Waals surface area contributed by atoms with Gasteiger partial charge in [-0.15, -0.1) is 24.2 Å². The van der Waals surface area contributed by atoms with Crippen molar-refractivity contribution in [2.24, 2.45) is 5.73 Å². The topological polar surface area (TPSA) is 101 Å². The van der Waals surface area contributed by atoms with Gasteiger partial charge >= 0.3 is 0 Å². The summed E-state index contributed by atoms with van der Waals surface area (Å²) < 4.78 is 26.5. The molecule has 4 N–H and O–H groups in total. The van der Waals surface area contributed by atoms with Gasteiger partial charge in [0.15, 0.2) is 0 Å². The van der Waals surface area contributed by atoms with E-state index in [0.29, 0.717) is 5.69 Å². The lowest BCUT2D eigenvalue weighted by atomic mass is 10.3. The fraction of sp³-hybridized carbons (Fsp3) is 0.533. The van der Waals surface area contributed by atoms with E-state index in [2.05, 4.69) is 17.0 Å². The number of thioether (sulfide) groups is 1. The number of halogens is 1. The SMILES string of the molecule is CCCCSC(C)C(=O)Nc1cccc(S(=O)(=O)NCCN)c1.Cl. The molecule has 24 heavy (non-hydrogen) atoms. The summed E-state index contributed by atoms with van der Waals surface area (Å²) in [5.41, 5.74) is 5.77. The number of nitrogens with one attached hydrogen (secondary N) is 2. The van der Waals surface area contributed by atoms with Crippen LogP contribution in [0.25, 0.3) is 0 Å². The number of sulfonamides is 1. The predicted octanol–water partition coefficient (Wildman–Crippen LogP) is 2.21. The monoisotopic (exact) mass is 395 g/mol. The second-order valence-corrected chi connectivity index (χ2v) is 8.29. The van der Waals surface area contributed by atoms with Crippen molar-refractivity contribution in [3.05, 3.63) is 24.3 Å². The quantitative estimate of drug-likeness (QED) is 0.527. The molecule has 0 radical (unpaired) electrons. The minimum atomic E-state index is -3.61. The molecule has 0 fully saturated rings. The van der Waals surface area contributed by atoms with Crippen LogP contribution in [0.15, 0.2) is 29.2 Å². The van der Waals surface area contributed by atoms with E-state index < -0.39 is 10.0 Å². The van der Waals surface area contributed by atoms with Crippen LogP contribution in [0.2, 0.25) is 0 Å². The van der Waals surface area contributed by atoms with Crippen molar-refractivity contribution in [1.82, 2.24) is 4.72 Å². The minimum absolute atomic E-state index is 0. The molecule has 0 saturated carbocycles. The molecular formula is C15H26ClN3O3S2. The molecule has 1 rings (SSSR count). The first-order valence-electron chi connectivity index (χ1n) is 7.63. The van der Waals surface area contributed by atoms with E-state index in [-0.39, 0.29) is 41.5 Å². The summed E-state index contributed by atoms with van der Waals surface area (Å²) in [6.45, 7) is 4.35. The van der Waals surface area contributed by atoms with Gasteiger partial charge in [0.05, 0.1) is 10.1 Å². The maximum atomic E-state index is 12.1. The smallest absolute Gasteiger partial charge is 0.240 e. The van der Waals surface area contributed by atoms with Crippen molar-refractivity contribution in [3.63, 3.8) is 0 Å². The Hall–Kier alpha value is -0.800. The van der Waals surface area contributed by atoms with Crippen LogP contribution in [0, 0.1) is 0 Å². The van der Waals surface area contributed by atoms with E-state index in [4.69, 9.17) is 5.73 Å². The van der Waals surface area contributed by atoms with Crippen LogP contribution >= 0.6 is 24.2 Å². The van der Waals surface area contributed by atoms with Crippen molar-refractivity contribution in [3.8, 4) is 0 Å². The number of nitrogens with two attached hydrogens (primary N) is 1. The summed E-state index contributed by atoms with van der Waals surface area (Å²) in [6.07, 6.45) is 2.17. The van der Waals surface area contributed by atoms with Crippen molar-refractivity contribution in [2.75, 3.05) is 24.2 Å². The lowest BCUT2D eigenvalue weighted by Gasteiger charge is -2.13. The molecule has 138 valence electrons. The number of rotatable bonds is 10. The van der Waals surface area contributed by atoms with Gasteiger partial charge in [0.2, 0.25) is 15.9 Å². The van der Waals surface area contributed by atoms with Gasteiger partial charge in [-0.3, -0.25) is 4.79 Å². The Labute approximate surface area is 154 Å². The molecule has 1 amide bonds. The van der Waals surface area contributed by atoms with Gasteiger partial charge in [0.25, 0.3) is 0 Å². The van der Waals surface area contributed by atoms with Crippen LogP contribution in [0.3, 0.4) is 0 Å². The molecule has 0 aliphatic heterocycles. The normalized spacial score (nSPS) is 12.3. The van der Waals surface area contributed by atoms with Crippen molar-refractivity contribution < 1.29 is 13.2 Å². The fourth-order valence-electron chi connectivity index (χ4n) is 1.74. The van der Waals surface area contributed by atoms with Crippen LogP contribution < -0.4 is 15.8 Å². The Bertz CT molecular complexity index is 612. The zero-order valence-electron chi connectivity index (χ0n) is 13.9. The van der Waals surface area contributed by atoms with E-state index in [1.54, 1.807) is 23.9 Å². The first-order chi connectivity index (χ1) is 10.9. The number of benzene rings is 1. The fourth-order valence-corrected chi connectivity index (χ4v) is 3.85. The molecule has 0 aliphatic rings. The molecule has 0 spiro atoms. The van der Waals surface area contributed by atoms with Crippen molar-refractivity contribution >= 4 is 45.8 Å². The molecule has 6 nitrogen and oxygen atoms in total. The van der Waals surface area contributed by atoms with Gasteiger partial charge < -0.3 is 11.1 Å². The van der Waals surface area contributed by atoms with Gasteiger partial charge in [-0.05, 0) is 37.3 Å². The van der Waals surface area contributed by atoms with Crippen LogP contribution in [0.1, 0.15) is 26.7 Å². The second kappa shape index (κ2) is 11.7. The summed E-state index contributed by atoms with van der Waals surface area (Å²) in [7, 11) is -3.61. The first-order valence-corrected chi connectivity index (χ1v) is 10.2. The van der Waals surface area contributed by atoms with Crippen molar-refractivity contribution in [2.45, 2.75) is 36.8 Å². The number of carbonyl (C=O) groups is 1. The number of carbonyl (C=O) groups excluding carboxylic acids is 1. The molecule has 1 atom stereocenters. The highest BCUT2D eigenvalue weighted by Crippen LogP contribution is 2.18. The average Bonchev–Trinajstić information content (AvgIpc) is 2.53. The number of anilines is 1. The highest BCUT2D eigenvalue weighted by Gasteiger charge is 2.16. The lowest BCUT2D eigenvalue weighted by molar-refractivity contribution is -0.115. The summed E-state index contributed by atoms with van der Waals surface area (Å²) in [5, 5.41) is 2.58. The molecule has 0 aliphatic carbocycles. The molecular weight excluding hydrogens is 370 g/mol. The zero-order valence-corrected chi connectivity index (χ0v) is 16.4. The Morgan fingerprint density at radius 1 is 1.38 bits per heavy atom. The molecule has 0 heterocycles. The third kappa shape index (κ3) is 7.85. The Morgan fingerprint density at radius 2 is 2.08 bits per heavy atom. The maximum absolute atomic E-state index is 12.1. The third-order valence-electron chi connectivity index (χ3n) is 3.08. The number of amides is 1. The molecule has 9 heteroatoms. The Balaban J connectivity index is 0.00000529. The summed E-state index contributed by atoms with van der Waals surface area (Å²) in [6, 6.07) is 6.19. The number of hydrogen-bond acceptors (Lipinski definition) is 5. The second-order valence-electron chi connectivity index (χ2n) is 5.07. The molecule has 0 bridgehead atoms. The van der Waals surface area contributed by atoms with Gasteiger partial charge in [-0.25, -0.2) is 13.1 Å². The predicted molar refractivity (Wildman–Crippen MR) is 103 cm³/mol. The van der Waals surface area contributed by atoms with Gasteiger partial charge in [0, 0.05) is 18.8 Å². The highest BCUT2D eigenvalue weighted by atomic mass is 35.5. The number of hydrogen-bond donors (Lipinski definition) is 3. The van der Waals surface area contributed by atoms with E-state index in [1.165, 1.54) is 12.1 Å². The maximum Gasteiger partial charge on any atom is 0.240 e. The zero-order chi connectivity index (χ0) is 17.3. The molecule has 1 aromatic rings.